The molecule has 0 N–H and O–H groups in total. The molecule has 0 radical (unpaired) electrons. The highest BCUT2D eigenvalue weighted by molar-refractivity contribution is 8.02. The SMILES string of the molecule is C=C\C(=C/C=C(C)/C(=C/C=C(\C=C)C(=O)OC)CC)SC. The number of hydrogen-bond acceptors (Lipinski definition) is 3. The van der Waals surface area contributed by atoms with Gasteiger partial charge >= 0.3 is 5.97 Å². The summed E-state index contributed by atoms with van der Waals surface area (Å²) >= 11 is 1.65. The van der Waals surface area contributed by atoms with Crippen molar-refractivity contribution in [3.05, 3.63) is 71.2 Å². The van der Waals surface area contributed by atoms with Crippen LogP contribution in [0.5, 0.6) is 0 Å². The third kappa shape index (κ3) is 7.00. The number of carbonyl (C=O) groups is 1. The fraction of sp³-hybridized carbons (Fsp3) is 0.278. The summed E-state index contributed by atoms with van der Waals surface area (Å²) in [5, 5.41) is 0. The van der Waals surface area contributed by atoms with Crippen LogP contribution in [-0.2, 0) is 9.53 Å². The molecule has 0 aromatic carbocycles. The minimum Gasteiger partial charge on any atom is -0.465 e. The Kier molecular flexibility index (Phi) is 10.1. The lowest BCUT2D eigenvalue weighted by molar-refractivity contribution is -0.135. The molecule has 2 nitrogen and oxygen atoms in total. The quantitative estimate of drug-likeness (QED) is 0.359. The summed E-state index contributed by atoms with van der Waals surface area (Å²) in [6.07, 6.45) is 14.0. The first kappa shape index (κ1) is 19.3. The van der Waals surface area contributed by atoms with Crippen molar-refractivity contribution in [2.75, 3.05) is 13.4 Å². The van der Waals surface area contributed by atoms with Gasteiger partial charge in [0.15, 0.2) is 0 Å². The van der Waals surface area contributed by atoms with Crippen LogP contribution in [0.2, 0.25) is 0 Å². The van der Waals surface area contributed by atoms with Gasteiger partial charge in [0.05, 0.1) is 12.7 Å². The van der Waals surface area contributed by atoms with Crippen molar-refractivity contribution >= 4 is 17.7 Å². The molecule has 0 saturated carbocycles. The van der Waals surface area contributed by atoms with Gasteiger partial charge in [0, 0.05) is 4.91 Å². The van der Waals surface area contributed by atoms with Crippen molar-refractivity contribution < 1.29 is 9.53 Å². The molecule has 0 saturated heterocycles. The average Bonchev–Trinajstić information content (AvgIpc) is 2.51. The smallest absolute Gasteiger partial charge is 0.337 e. The van der Waals surface area contributed by atoms with Crippen molar-refractivity contribution in [3.8, 4) is 0 Å². The van der Waals surface area contributed by atoms with E-state index in [-0.39, 0.29) is 5.97 Å². The molecule has 0 aromatic heterocycles. The van der Waals surface area contributed by atoms with Crippen molar-refractivity contribution in [3.63, 3.8) is 0 Å². The maximum absolute atomic E-state index is 11.5. The summed E-state index contributed by atoms with van der Waals surface area (Å²) < 4.78 is 4.69. The maximum Gasteiger partial charge on any atom is 0.337 e. The van der Waals surface area contributed by atoms with Crippen molar-refractivity contribution in [2.45, 2.75) is 20.3 Å². The molecule has 0 amide bonds. The molecular formula is C18H24O2S. The summed E-state index contributed by atoms with van der Waals surface area (Å²) in [5.41, 5.74) is 2.75. The summed E-state index contributed by atoms with van der Waals surface area (Å²) in [5.74, 6) is -0.380. The zero-order valence-corrected chi connectivity index (χ0v) is 14.1. The van der Waals surface area contributed by atoms with E-state index in [1.807, 2.05) is 31.4 Å². The zero-order chi connectivity index (χ0) is 16.3. The summed E-state index contributed by atoms with van der Waals surface area (Å²) in [4.78, 5) is 12.6. The Bertz CT molecular complexity index is 505. The van der Waals surface area contributed by atoms with E-state index in [0.29, 0.717) is 5.57 Å². The van der Waals surface area contributed by atoms with Crippen LogP contribution >= 0.6 is 11.8 Å². The second-order valence-corrected chi connectivity index (χ2v) is 5.07. The standard InChI is InChI=1S/C18H24O2S/c1-7-15(11-12-16(8-2)18(19)20-5)14(4)10-13-17(9-3)21-6/h8-13H,2-3,7H2,1,4-6H3/b14-10+,15-11+,16-12+,17-13+. The van der Waals surface area contributed by atoms with E-state index in [2.05, 4.69) is 26.2 Å². The molecule has 0 aliphatic rings. The van der Waals surface area contributed by atoms with Crippen molar-refractivity contribution in [1.29, 1.82) is 0 Å². The molecule has 0 heterocycles. The van der Waals surface area contributed by atoms with Gasteiger partial charge in [-0.25, -0.2) is 4.79 Å². The van der Waals surface area contributed by atoms with E-state index in [1.54, 1.807) is 17.8 Å². The Labute approximate surface area is 132 Å². The van der Waals surface area contributed by atoms with Gasteiger partial charge < -0.3 is 4.74 Å². The number of hydrogen-bond donors (Lipinski definition) is 0. The number of esters is 1. The first-order chi connectivity index (χ1) is 10.0. The van der Waals surface area contributed by atoms with Crippen LogP contribution in [-0.4, -0.2) is 19.3 Å². The number of thioether (sulfide) groups is 1. The van der Waals surface area contributed by atoms with Crippen LogP contribution in [0.3, 0.4) is 0 Å². The highest BCUT2D eigenvalue weighted by Gasteiger charge is 2.04. The normalized spacial score (nSPS) is 13.9. The number of carbonyl (C=O) groups excluding carboxylic acids is 1. The maximum atomic E-state index is 11.5. The van der Waals surface area contributed by atoms with Gasteiger partial charge in [-0.1, -0.05) is 44.4 Å². The highest BCUT2D eigenvalue weighted by Crippen LogP contribution is 2.17. The Morgan fingerprint density at radius 3 is 2.24 bits per heavy atom. The molecule has 0 atom stereocenters. The van der Waals surface area contributed by atoms with Crippen molar-refractivity contribution in [2.24, 2.45) is 0 Å². The fourth-order valence-corrected chi connectivity index (χ4v) is 1.96. The molecule has 0 rings (SSSR count). The van der Waals surface area contributed by atoms with Crippen LogP contribution in [0.25, 0.3) is 0 Å². The van der Waals surface area contributed by atoms with E-state index in [1.165, 1.54) is 13.2 Å². The molecular weight excluding hydrogens is 280 g/mol. The van der Waals surface area contributed by atoms with Gasteiger partial charge in [-0.3, -0.25) is 0 Å². The highest BCUT2D eigenvalue weighted by atomic mass is 32.2. The lowest BCUT2D eigenvalue weighted by Crippen LogP contribution is -2.01. The molecule has 0 unspecified atom stereocenters. The van der Waals surface area contributed by atoms with Gasteiger partial charge in [0.25, 0.3) is 0 Å². The molecule has 3 heteroatoms. The Balaban J connectivity index is 5.36. The number of rotatable bonds is 8. The molecule has 21 heavy (non-hydrogen) atoms. The minimum atomic E-state index is -0.380. The lowest BCUT2D eigenvalue weighted by Gasteiger charge is -2.04. The molecule has 0 fully saturated rings. The van der Waals surface area contributed by atoms with E-state index in [4.69, 9.17) is 4.74 Å². The second kappa shape index (κ2) is 11.0. The Hall–Kier alpha value is -1.74. The Morgan fingerprint density at radius 1 is 1.14 bits per heavy atom. The Morgan fingerprint density at radius 2 is 1.81 bits per heavy atom. The van der Waals surface area contributed by atoms with E-state index < -0.39 is 0 Å². The zero-order valence-electron chi connectivity index (χ0n) is 13.3. The van der Waals surface area contributed by atoms with Crippen LogP contribution in [0.1, 0.15) is 20.3 Å². The number of methoxy groups -OCH3 is 1. The van der Waals surface area contributed by atoms with Gasteiger partial charge in [0.1, 0.15) is 0 Å². The summed E-state index contributed by atoms with van der Waals surface area (Å²) in [6.45, 7) is 11.5. The van der Waals surface area contributed by atoms with E-state index in [9.17, 15) is 4.79 Å². The van der Waals surface area contributed by atoms with E-state index in [0.717, 1.165) is 22.5 Å². The van der Waals surface area contributed by atoms with Gasteiger partial charge in [0.2, 0.25) is 0 Å². The topological polar surface area (TPSA) is 26.3 Å². The molecule has 0 bridgehead atoms. The third-order valence-corrected chi connectivity index (χ3v) is 3.70. The van der Waals surface area contributed by atoms with Crippen LogP contribution < -0.4 is 0 Å². The monoisotopic (exact) mass is 304 g/mol. The second-order valence-electron chi connectivity index (χ2n) is 4.19. The van der Waals surface area contributed by atoms with Gasteiger partial charge in [-0.2, -0.15) is 0 Å². The molecule has 0 aliphatic carbocycles. The summed E-state index contributed by atoms with van der Waals surface area (Å²) in [6, 6.07) is 0. The number of allylic oxidation sites excluding steroid dienone is 7. The molecule has 114 valence electrons. The van der Waals surface area contributed by atoms with E-state index >= 15 is 0 Å². The van der Waals surface area contributed by atoms with Crippen LogP contribution in [0.15, 0.2) is 71.2 Å². The minimum absolute atomic E-state index is 0.380. The summed E-state index contributed by atoms with van der Waals surface area (Å²) in [7, 11) is 1.36. The van der Waals surface area contributed by atoms with Gasteiger partial charge in [-0.05, 0) is 42.9 Å². The fourth-order valence-electron chi connectivity index (χ4n) is 1.59. The predicted octanol–water partition coefficient (Wildman–Crippen LogP) is 4.99. The molecule has 0 aromatic rings. The molecule has 0 aliphatic heterocycles. The predicted molar refractivity (Wildman–Crippen MR) is 94.2 cm³/mol. The van der Waals surface area contributed by atoms with Crippen LogP contribution in [0.4, 0.5) is 0 Å². The lowest BCUT2D eigenvalue weighted by atomic mass is 10.0. The first-order valence-electron chi connectivity index (χ1n) is 6.70. The van der Waals surface area contributed by atoms with Gasteiger partial charge in [-0.15, -0.1) is 11.8 Å². The molecule has 0 spiro atoms. The van der Waals surface area contributed by atoms with Crippen molar-refractivity contribution in [1.82, 2.24) is 0 Å². The van der Waals surface area contributed by atoms with Crippen LogP contribution in [0, 0.1) is 0 Å². The largest absolute Gasteiger partial charge is 0.465 e. The average molecular weight is 304 g/mol. The first-order valence-corrected chi connectivity index (χ1v) is 7.93. The number of ether oxygens (including phenoxy) is 1. The third-order valence-electron chi connectivity index (χ3n) is 2.93.